The molecule has 7 nitrogen and oxygen atoms in total. The number of ether oxygens (including phenoxy) is 1. The quantitative estimate of drug-likeness (QED) is 0.293. The SMILES string of the molecule is O=C(Nc1ccccc1OC(F)(F)F)Nc1cccc2c1ccn2Cc1c[nH]c2ncccc12. The summed E-state index contributed by atoms with van der Waals surface area (Å²) in [7, 11) is 0. The fraction of sp³-hybridized carbons (Fsp3) is 0.0833. The number of carbonyl (C=O) groups excluding carboxylic acids is 1. The predicted octanol–water partition coefficient (Wildman–Crippen LogP) is 6.11. The molecule has 10 heteroatoms. The van der Waals surface area contributed by atoms with Crippen molar-refractivity contribution in [3.05, 3.63) is 84.8 Å². The molecule has 0 saturated heterocycles. The lowest BCUT2D eigenvalue weighted by atomic mass is 10.2. The number of halogens is 3. The van der Waals surface area contributed by atoms with E-state index in [0.717, 1.165) is 33.6 Å². The van der Waals surface area contributed by atoms with E-state index in [1.807, 2.05) is 41.2 Å². The van der Waals surface area contributed by atoms with Crippen molar-refractivity contribution in [1.29, 1.82) is 0 Å². The molecule has 2 amide bonds. The summed E-state index contributed by atoms with van der Waals surface area (Å²) in [5.41, 5.74) is 3.18. The second-order valence-electron chi connectivity index (χ2n) is 7.52. The molecule has 0 saturated carbocycles. The minimum Gasteiger partial charge on any atom is -0.404 e. The van der Waals surface area contributed by atoms with Gasteiger partial charge < -0.3 is 24.9 Å². The third-order valence-electron chi connectivity index (χ3n) is 5.30. The van der Waals surface area contributed by atoms with Gasteiger partial charge in [-0.3, -0.25) is 0 Å². The molecule has 0 unspecified atom stereocenters. The molecule has 0 bridgehead atoms. The van der Waals surface area contributed by atoms with E-state index >= 15 is 0 Å². The van der Waals surface area contributed by atoms with Gasteiger partial charge in [0.15, 0.2) is 5.75 Å². The van der Waals surface area contributed by atoms with Crippen LogP contribution in [0.3, 0.4) is 0 Å². The number of anilines is 2. The molecular weight excluding hydrogens is 447 g/mol. The van der Waals surface area contributed by atoms with E-state index in [-0.39, 0.29) is 5.69 Å². The zero-order chi connectivity index (χ0) is 23.7. The average molecular weight is 465 g/mol. The minimum absolute atomic E-state index is 0.102. The zero-order valence-corrected chi connectivity index (χ0v) is 17.6. The summed E-state index contributed by atoms with van der Waals surface area (Å²) in [6.45, 7) is 0.590. The molecule has 2 aromatic carbocycles. The third kappa shape index (κ3) is 4.38. The highest BCUT2D eigenvalue weighted by molar-refractivity contribution is 6.06. The standard InChI is InChI=1S/C24H18F3N5O2/c25-24(26,27)34-21-9-2-1-6-19(21)31-23(33)30-18-7-3-8-20-17(18)10-12-32(20)14-15-13-29-22-16(15)5-4-11-28-22/h1-13H,14H2,(H,28,29)(H2,30,31,33). The van der Waals surface area contributed by atoms with Gasteiger partial charge in [-0.05, 0) is 48.0 Å². The lowest BCUT2D eigenvalue weighted by Crippen LogP contribution is -2.22. The highest BCUT2D eigenvalue weighted by atomic mass is 19.4. The van der Waals surface area contributed by atoms with E-state index in [9.17, 15) is 18.0 Å². The van der Waals surface area contributed by atoms with Gasteiger partial charge in [-0.2, -0.15) is 0 Å². The molecule has 3 N–H and O–H groups in total. The number of H-pyrrole nitrogens is 1. The van der Waals surface area contributed by atoms with Gasteiger partial charge in [0.05, 0.1) is 16.9 Å². The zero-order valence-electron chi connectivity index (χ0n) is 17.6. The molecular formula is C24H18F3N5O2. The molecule has 5 aromatic rings. The first-order chi connectivity index (χ1) is 16.4. The third-order valence-corrected chi connectivity index (χ3v) is 5.30. The van der Waals surface area contributed by atoms with Gasteiger partial charge >= 0.3 is 12.4 Å². The Morgan fingerprint density at radius 3 is 2.62 bits per heavy atom. The Morgan fingerprint density at radius 1 is 0.971 bits per heavy atom. The van der Waals surface area contributed by atoms with Crippen molar-refractivity contribution in [3.8, 4) is 5.75 Å². The predicted molar refractivity (Wildman–Crippen MR) is 123 cm³/mol. The molecule has 5 rings (SSSR count). The number of carbonyl (C=O) groups is 1. The van der Waals surface area contributed by atoms with E-state index in [1.54, 1.807) is 18.3 Å². The number of urea groups is 1. The number of hydrogen-bond donors (Lipinski definition) is 3. The van der Waals surface area contributed by atoms with Gasteiger partial charge in [-0.25, -0.2) is 9.78 Å². The number of pyridine rings is 1. The number of nitrogens with zero attached hydrogens (tertiary/aromatic N) is 2. The normalized spacial score (nSPS) is 11.6. The number of aromatic nitrogens is 3. The van der Waals surface area contributed by atoms with Gasteiger partial charge in [0.25, 0.3) is 0 Å². The van der Waals surface area contributed by atoms with Gasteiger partial charge in [0, 0.05) is 35.9 Å². The Kier molecular flexibility index (Phi) is 5.33. The maximum absolute atomic E-state index is 12.6. The van der Waals surface area contributed by atoms with Crippen LogP contribution in [0.5, 0.6) is 5.75 Å². The highest BCUT2D eigenvalue weighted by Gasteiger charge is 2.32. The molecule has 0 aliphatic carbocycles. The molecule has 0 aliphatic rings. The number of amides is 2. The molecule has 0 fully saturated rings. The molecule has 3 heterocycles. The monoisotopic (exact) mass is 465 g/mol. The lowest BCUT2D eigenvalue weighted by molar-refractivity contribution is -0.274. The second-order valence-corrected chi connectivity index (χ2v) is 7.52. The van der Waals surface area contributed by atoms with E-state index in [0.29, 0.717) is 12.2 Å². The molecule has 0 radical (unpaired) electrons. The Morgan fingerprint density at radius 2 is 1.76 bits per heavy atom. The van der Waals surface area contributed by atoms with Crippen LogP contribution in [-0.2, 0) is 6.54 Å². The van der Waals surface area contributed by atoms with Crippen molar-refractivity contribution in [2.75, 3.05) is 10.6 Å². The van der Waals surface area contributed by atoms with Crippen molar-refractivity contribution in [2.45, 2.75) is 12.9 Å². The Labute approximate surface area is 191 Å². The van der Waals surface area contributed by atoms with Crippen LogP contribution < -0.4 is 15.4 Å². The number of para-hydroxylation sites is 2. The highest BCUT2D eigenvalue weighted by Crippen LogP contribution is 2.31. The molecule has 0 atom stereocenters. The van der Waals surface area contributed by atoms with E-state index in [4.69, 9.17) is 0 Å². The topological polar surface area (TPSA) is 84.0 Å². The van der Waals surface area contributed by atoms with Gasteiger partial charge in [0.2, 0.25) is 0 Å². The molecule has 0 spiro atoms. The minimum atomic E-state index is -4.87. The number of benzene rings is 2. The first-order valence-corrected chi connectivity index (χ1v) is 10.3. The van der Waals surface area contributed by atoms with Crippen LogP contribution in [0.15, 0.2) is 79.3 Å². The van der Waals surface area contributed by atoms with E-state index in [1.165, 1.54) is 18.2 Å². The molecule has 34 heavy (non-hydrogen) atoms. The number of fused-ring (bicyclic) bond motifs is 2. The van der Waals surface area contributed by atoms with Gasteiger partial charge in [-0.1, -0.05) is 18.2 Å². The summed E-state index contributed by atoms with van der Waals surface area (Å²) in [4.78, 5) is 20.0. The van der Waals surface area contributed by atoms with Crippen LogP contribution in [0.25, 0.3) is 21.9 Å². The van der Waals surface area contributed by atoms with Crippen LogP contribution >= 0.6 is 0 Å². The van der Waals surface area contributed by atoms with E-state index < -0.39 is 18.1 Å². The number of hydrogen-bond acceptors (Lipinski definition) is 3. The van der Waals surface area contributed by atoms with Crippen molar-refractivity contribution in [2.24, 2.45) is 0 Å². The number of aromatic amines is 1. The van der Waals surface area contributed by atoms with Crippen molar-refractivity contribution in [3.63, 3.8) is 0 Å². The van der Waals surface area contributed by atoms with Crippen LogP contribution in [0.2, 0.25) is 0 Å². The maximum Gasteiger partial charge on any atom is 0.573 e. The maximum atomic E-state index is 12.6. The summed E-state index contributed by atoms with van der Waals surface area (Å²) in [6, 6.07) is 15.8. The average Bonchev–Trinajstić information content (AvgIpc) is 3.40. The van der Waals surface area contributed by atoms with Gasteiger partial charge in [-0.15, -0.1) is 13.2 Å². The fourth-order valence-electron chi connectivity index (χ4n) is 3.86. The number of rotatable bonds is 5. The molecule has 3 aromatic heterocycles. The van der Waals surface area contributed by atoms with Crippen LogP contribution in [0.4, 0.5) is 29.3 Å². The summed E-state index contributed by atoms with van der Waals surface area (Å²) in [5, 5.41) is 6.94. The Bertz CT molecular complexity index is 1490. The summed E-state index contributed by atoms with van der Waals surface area (Å²) >= 11 is 0. The smallest absolute Gasteiger partial charge is 0.404 e. The lowest BCUT2D eigenvalue weighted by Gasteiger charge is -2.14. The van der Waals surface area contributed by atoms with Crippen molar-refractivity contribution in [1.82, 2.24) is 14.5 Å². The van der Waals surface area contributed by atoms with Crippen LogP contribution in [0, 0.1) is 0 Å². The largest absolute Gasteiger partial charge is 0.573 e. The summed E-state index contributed by atoms with van der Waals surface area (Å²) < 4.78 is 44.0. The van der Waals surface area contributed by atoms with Crippen molar-refractivity contribution >= 4 is 39.3 Å². The second kappa shape index (κ2) is 8.47. The van der Waals surface area contributed by atoms with Crippen LogP contribution in [0.1, 0.15) is 5.56 Å². The number of nitrogens with one attached hydrogen (secondary N) is 3. The van der Waals surface area contributed by atoms with E-state index in [2.05, 4.69) is 25.3 Å². The molecule has 0 aliphatic heterocycles. The Hall–Kier alpha value is -4.47. The van der Waals surface area contributed by atoms with Crippen LogP contribution in [-0.4, -0.2) is 26.9 Å². The summed E-state index contributed by atoms with van der Waals surface area (Å²) in [5.74, 6) is -0.497. The number of alkyl halides is 3. The molecule has 172 valence electrons. The first-order valence-electron chi connectivity index (χ1n) is 10.3. The van der Waals surface area contributed by atoms with Gasteiger partial charge in [0.1, 0.15) is 5.65 Å². The fourth-order valence-corrected chi connectivity index (χ4v) is 3.86. The van der Waals surface area contributed by atoms with Crippen molar-refractivity contribution < 1.29 is 22.7 Å². The summed E-state index contributed by atoms with van der Waals surface area (Å²) in [6.07, 6.45) is 0.683. The first kappa shape index (κ1) is 21.4. The Balaban J connectivity index is 1.36.